The molecule has 3 aromatic rings. The first-order chi connectivity index (χ1) is 9.66. The molecule has 0 aliphatic carbocycles. The Balaban J connectivity index is 1.89. The highest BCUT2D eigenvalue weighted by Crippen LogP contribution is 2.32. The van der Waals surface area contributed by atoms with Crippen LogP contribution in [0.15, 0.2) is 42.5 Å². The molecular formula is C15H11Cl3N2. The summed E-state index contributed by atoms with van der Waals surface area (Å²) in [5, 5.41) is 6.12. The molecule has 0 saturated carbocycles. The maximum atomic E-state index is 6.37. The minimum atomic E-state index is 0.525. The summed E-state index contributed by atoms with van der Waals surface area (Å²) in [6, 6.07) is 13.3. The van der Waals surface area contributed by atoms with Gasteiger partial charge < -0.3 is 10.3 Å². The Labute approximate surface area is 131 Å². The number of halogens is 3. The lowest BCUT2D eigenvalue weighted by Gasteiger charge is -2.09. The zero-order chi connectivity index (χ0) is 14.1. The molecule has 0 bridgehead atoms. The van der Waals surface area contributed by atoms with E-state index in [1.807, 2.05) is 30.3 Å². The number of aromatic nitrogens is 1. The van der Waals surface area contributed by atoms with Gasteiger partial charge in [0.05, 0.1) is 33.0 Å². The number of para-hydroxylation sites is 2. The van der Waals surface area contributed by atoms with E-state index in [-0.39, 0.29) is 0 Å². The van der Waals surface area contributed by atoms with Gasteiger partial charge in [-0.05, 0) is 18.2 Å². The van der Waals surface area contributed by atoms with Crippen LogP contribution in [0.2, 0.25) is 15.1 Å². The van der Waals surface area contributed by atoms with Crippen LogP contribution in [0, 0.1) is 0 Å². The molecule has 102 valence electrons. The highest BCUT2D eigenvalue weighted by molar-refractivity contribution is 6.39. The zero-order valence-electron chi connectivity index (χ0n) is 10.4. The first kappa shape index (κ1) is 13.6. The van der Waals surface area contributed by atoms with Crippen LogP contribution in [-0.2, 0) is 6.54 Å². The molecule has 2 nitrogen and oxygen atoms in total. The summed E-state index contributed by atoms with van der Waals surface area (Å²) in [4.78, 5) is 3.29. The number of hydrogen-bond acceptors (Lipinski definition) is 1. The number of rotatable bonds is 3. The number of benzene rings is 2. The Morgan fingerprint density at radius 1 is 0.900 bits per heavy atom. The van der Waals surface area contributed by atoms with Crippen molar-refractivity contribution in [2.45, 2.75) is 6.54 Å². The van der Waals surface area contributed by atoms with E-state index in [2.05, 4.69) is 10.3 Å². The number of anilines is 1. The summed E-state index contributed by atoms with van der Waals surface area (Å²) >= 11 is 18.6. The lowest BCUT2D eigenvalue weighted by atomic mass is 10.2. The van der Waals surface area contributed by atoms with Crippen molar-refractivity contribution < 1.29 is 0 Å². The van der Waals surface area contributed by atoms with Crippen molar-refractivity contribution in [1.29, 1.82) is 0 Å². The number of H-pyrrole nitrogens is 1. The van der Waals surface area contributed by atoms with Crippen molar-refractivity contribution >= 4 is 51.4 Å². The molecule has 0 saturated heterocycles. The number of hydrogen-bond donors (Lipinski definition) is 2. The summed E-state index contributed by atoms with van der Waals surface area (Å²) in [7, 11) is 0. The Morgan fingerprint density at radius 2 is 1.60 bits per heavy atom. The van der Waals surface area contributed by atoms with Gasteiger partial charge in [-0.25, -0.2) is 0 Å². The fourth-order valence-electron chi connectivity index (χ4n) is 2.13. The van der Waals surface area contributed by atoms with E-state index in [0.717, 1.165) is 21.6 Å². The van der Waals surface area contributed by atoms with E-state index < -0.39 is 0 Å². The molecule has 0 aliphatic heterocycles. The molecule has 0 radical (unpaired) electrons. The third kappa shape index (κ3) is 2.47. The molecule has 0 amide bonds. The fourth-order valence-corrected chi connectivity index (χ4v) is 2.94. The molecule has 2 N–H and O–H groups in total. The lowest BCUT2D eigenvalue weighted by molar-refractivity contribution is 1.09. The second-order valence-corrected chi connectivity index (χ2v) is 5.61. The minimum Gasteiger partial charge on any atom is -0.377 e. The Hall–Kier alpha value is -1.35. The second-order valence-electron chi connectivity index (χ2n) is 4.41. The van der Waals surface area contributed by atoms with Crippen LogP contribution in [-0.4, -0.2) is 4.98 Å². The van der Waals surface area contributed by atoms with Gasteiger partial charge in [0.2, 0.25) is 0 Å². The smallest absolute Gasteiger partial charge is 0.0722 e. The summed E-state index contributed by atoms with van der Waals surface area (Å²) in [5.74, 6) is 0. The SMILES string of the molecule is Clc1cccc(Cl)c1NCc1[nH]c2ccccc2c1Cl. The first-order valence-electron chi connectivity index (χ1n) is 6.10. The third-order valence-corrected chi connectivity index (χ3v) is 4.18. The number of fused-ring (bicyclic) bond motifs is 1. The predicted octanol–water partition coefficient (Wildman–Crippen LogP) is 5.74. The largest absolute Gasteiger partial charge is 0.377 e. The third-order valence-electron chi connectivity index (χ3n) is 3.12. The molecular weight excluding hydrogens is 315 g/mol. The number of aromatic amines is 1. The van der Waals surface area contributed by atoms with Crippen molar-refractivity contribution in [3.8, 4) is 0 Å². The van der Waals surface area contributed by atoms with Crippen LogP contribution < -0.4 is 5.32 Å². The van der Waals surface area contributed by atoms with Crippen molar-refractivity contribution in [3.63, 3.8) is 0 Å². The predicted molar refractivity (Wildman–Crippen MR) is 87.1 cm³/mol. The summed E-state index contributed by atoms with van der Waals surface area (Å²) in [6.07, 6.45) is 0. The van der Waals surface area contributed by atoms with E-state index in [1.54, 1.807) is 12.1 Å². The molecule has 0 aliphatic rings. The molecule has 20 heavy (non-hydrogen) atoms. The summed E-state index contributed by atoms with van der Waals surface area (Å²) in [5.41, 5.74) is 2.63. The quantitative estimate of drug-likeness (QED) is 0.631. The highest BCUT2D eigenvalue weighted by atomic mass is 35.5. The van der Waals surface area contributed by atoms with Gasteiger partial charge in [-0.3, -0.25) is 0 Å². The van der Waals surface area contributed by atoms with E-state index in [9.17, 15) is 0 Å². The first-order valence-corrected chi connectivity index (χ1v) is 7.23. The van der Waals surface area contributed by atoms with Crippen LogP contribution in [0.5, 0.6) is 0 Å². The minimum absolute atomic E-state index is 0.525. The van der Waals surface area contributed by atoms with Gasteiger partial charge in [-0.2, -0.15) is 0 Å². The van der Waals surface area contributed by atoms with E-state index in [1.165, 1.54) is 0 Å². The van der Waals surface area contributed by atoms with Gasteiger partial charge in [0.25, 0.3) is 0 Å². The van der Waals surface area contributed by atoms with Gasteiger partial charge in [0.1, 0.15) is 0 Å². The molecule has 3 rings (SSSR count). The van der Waals surface area contributed by atoms with Gasteiger partial charge in [-0.1, -0.05) is 59.1 Å². The van der Waals surface area contributed by atoms with Crippen molar-refractivity contribution in [2.75, 3.05) is 5.32 Å². The van der Waals surface area contributed by atoms with Crippen LogP contribution in [0.25, 0.3) is 10.9 Å². The van der Waals surface area contributed by atoms with Crippen molar-refractivity contribution in [3.05, 3.63) is 63.2 Å². The van der Waals surface area contributed by atoms with Crippen LogP contribution >= 0.6 is 34.8 Å². The average Bonchev–Trinajstić information content (AvgIpc) is 2.76. The van der Waals surface area contributed by atoms with Crippen molar-refractivity contribution in [2.24, 2.45) is 0 Å². The standard InChI is InChI=1S/C15H11Cl3N2/c16-10-5-3-6-11(17)15(10)19-8-13-14(18)9-4-1-2-7-12(9)20-13/h1-7,19-20H,8H2. The molecule has 1 heterocycles. The van der Waals surface area contributed by atoms with Gasteiger partial charge >= 0.3 is 0 Å². The van der Waals surface area contributed by atoms with Crippen LogP contribution in [0.4, 0.5) is 5.69 Å². The molecule has 0 spiro atoms. The maximum Gasteiger partial charge on any atom is 0.0722 e. The monoisotopic (exact) mass is 324 g/mol. The highest BCUT2D eigenvalue weighted by Gasteiger charge is 2.10. The van der Waals surface area contributed by atoms with Crippen molar-refractivity contribution in [1.82, 2.24) is 4.98 Å². The average molecular weight is 326 g/mol. The Bertz CT molecular complexity index is 745. The Kier molecular flexibility index (Phi) is 3.79. The molecule has 2 aromatic carbocycles. The fraction of sp³-hybridized carbons (Fsp3) is 0.0667. The normalized spacial score (nSPS) is 10.9. The topological polar surface area (TPSA) is 27.8 Å². The van der Waals surface area contributed by atoms with E-state index in [4.69, 9.17) is 34.8 Å². The molecule has 5 heteroatoms. The molecule has 0 atom stereocenters. The maximum absolute atomic E-state index is 6.37. The van der Waals surface area contributed by atoms with Crippen LogP contribution in [0.3, 0.4) is 0 Å². The van der Waals surface area contributed by atoms with Gasteiger partial charge in [-0.15, -0.1) is 0 Å². The van der Waals surface area contributed by atoms with Gasteiger partial charge in [0.15, 0.2) is 0 Å². The molecule has 0 unspecified atom stereocenters. The zero-order valence-corrected chi connectivity index (χ0v) is 12.7. The summed E-state index contributed by atoms with van der Waals surface area (Å²) < 4.78 is 0. The number of nitrogens with one attached hydrogen (secondary N) is 2. The van der Waals surface area contributed by atoms with Crippen LogP contribution in [0.1, 0.15) is 5.69 Å². The second kappa shape index (κ2) is 5.57. The van der Waals surface area contributed by atoms with E-state index >= 15 is 0 Å². The lowest BCUT2D eigenvalue weighted by Crippen LogP contribution is -2.01. The Morgan fingerprint density at radius 3 is 2.30 bits per heavy atom. The van der Waals surface area contributed by atoms with Gasteiger partial charge in [0, 0.05) is 10.9 Å². The van der Waals surface area contributed by atoms with E-state index in [0.29, 0.717) is 22.3 Å². The molecule has 0 fully saturated rings. The summed E-state index contributed by atoms with van der Waals surface area (Å²) in [6.45, 7) is 0.525. The molecule has 1 aromatic heterocycles.